The molecule has 0 spiro atoms. The number of aryl methyl sites for hydroxylation is 1. The monoisotopic (exact) mass is 390 g/mol. The van der Waals surface area contributed by atoms with E-state index in [0.717, 1.165) is 35.7 Å². The zero-order valence-corrected chi connectivity index (χ0v) is 16.6. The fraction of sp³-hybridized carbons (Fsp3) is 0.304. The Kier molecular flexibility index (Phi) is 5.62. The molecule has 6 nitrogen and oxygen atoms in total. The van der Waals surface area contributed by atoms with Gasteiger partial charge in [0, 0.05) is 18.1 Å². The minimum absolute atomic E-state index is 0.0243. The molecule has 1 amide bonds. The summed E-state index contributed by atoms with van der Waals surface area (Å²) in [5, 5.41) is 10.8. The normalized spacial score (nSPS) is 15.6. The van der Waals surface area contributed by atoms with Crippen molar-refractivity contribution in [3.63, 3.8) is 0 Å². The highest BCUT2D eigenvalue weighted by atomic mass is 16.5. The lowest BCUT2D eigenvalue weighted by atomic mass is 9.87. The van der Waals surface area contributed by atoms with Crippen LogP contribution in [0, 0.1) is 6.92 Å². The van der Waals surface area contributed by atoms with E-state index in [1.807, 2.05) is 67.7 Å². The van der Waals surface area contributed by atoms with E-state index in [1.165, 1.54) is 0 Å². The number of carbonyl (C=O) groups is 1. The first kappa shape index (κ1) is 19.2. The van der Waals surface area contributed by atoms with E-state index in [1.54, 1.807) is 10.9 Å². The van der Waals surface area contributed by atoms with E-state index >= 15 is 0 Å². The first-order chi connectivity index (χ1) is 14.2. The third kappa shape index (κ3) is 4.17. The van der Waals surface area contributed by atoms with Gasteiger partial charge in [0.15, 0.2) is 0 Å². The van der Waals surface area contributed by atoms with Gasteiger partial charge in [0.1, 0.15) is 17.9 Å². The molecule has 1 fully saturated rings. The number of benzene rings is 2. The van der Waals surface area contributed by atoms with Crippen LogP contribution in [0.4, 0.5) is 5.69 Å². The van der Waals surface area contributed by atoms with Crippen molar-refractivity contribution < 1.29 is 9.53 Å². The predicted octanol–water partition coefficient (Wildman–Crippen LogP) is 3.49. The number of nitrogens with one attached hydrogen (secondary N) is 2. The maximum absolute atomic E-state index is 13.3. The van der Waals surface area contributed by atoms with Gasteiger partial charge in [-0.2, -0.15) is 5.10 Å². The van der Waals surface area contributed by atoms with Crippen molar-refractivity contribution in [2.45, 2.75) is 31.9 Å². The molecular weight excluding hydrogens is 364 g/mol. The maximum atomic E-state index is 13.3. The predicted molar refractivity (Wildman–Crippen MR) is 113 cm³/mol. The molecule has 0 aliphatic carbocycles. The largest absolute Gasteiger partial charge is 0.489 e. The molecule has 4 rings (SSSR count). The van der Waals surface area contributed by atoms with Crippen molar-refractivity contribution in [3.8, 4) is 5.75 Å². The fourth-order valence-electron chi connectivity index (χ4n) is 3.77. The molecule has 1 aliphatic heterocycles. The topological polar surface area (TPSA) is 68.2 Å². The SMILES string of the molecule is Cc1cc(OCc2ccccc2)ccc1NC(=O)C1(n2cccn2)CCNCC1. The lowest BCUT2D eigenvalue weighted by Crippen LogP contribution is -2.52. The smallest absolute Gasteiger partial charge is 0.252 e. The minimum atomic E-state index is -0.663. The minimum Gasteiger partial charge on any atom is -0.489 e. The second-order valence-electron chi connectivity index (χ2n) is 7.44. The molecule has 1 aromatic heterocycles. The molecule has 0 bridgehead atoms. The Morgan fingerprint density at radius 1 is 1.17 bits per heavy atom. The Morgan fingerprint density at radius 3 is 2.66 bits per heavy atom. The number of aromatic nitrogens is 2. The van der Waals surface area contributed by atoms with Crippen molar-refractivity contribution in [3.05, 3.63) is 78.1 Å². The quantitative estimate of drug-likeness (QED) is 0.676. The standard InChI is InChI=1S/C23H26N4O2/c1-18-16-20(29-17-19-6-3-2-4-7-19)8-9-21(18)26-22(28)23(10-13-24-14-11-23)27-15-5-12-25-27/h2-9,12,15-16,24H,10-11,13-14,17H2,1H3,(H,26,28). The molecule has 6 heteroatoms. The number of anilines is 1. The van der Waals surface area contributed by atoms with E-state index < -0.39 is 5.54 Å². The van der Waals surface area contributed by atoms with Crippen molar-refractivity contribution in [1.29, 1.82) is 0 Å². The number of hydrogen-bond donors (Lipinski definition) is 2. The van der Waals surface area contributed by atoms with Gasteiger partial charge in [-0.1, -0.05) is 30.3 Å². The molecule has 0 unspecified atom stereocenters. The first-order valence-electron chi connectivity index (χ1n) is 9.97. The molecule has 1 saturated heterocycles. The van der Waals surface area contributed by atoms with E-state index in [0.29, 0.717) is 19.4 Å². The zero-order chi connectivity index (χ0) is 20.1. The molecule has 0 saturated carbocycles. The average molecular weight is 390 g/mol. The molecular formula is C23H26N4O2. The third-order valence-corrected chi connectivity index (χ3v) is 5.49. The lowest BCUT2D eigenvalue weighted by Gasteiger charge is -2.36. The highest BCUT2D eigenvalue weighted by Gasteiger charge is 2.42. The van der Waals surface area contributed by atoms with Crippen LogP contribution in [0.5, 0.6) is 5.75 Å². The Balaban J connectivity index is 1.47. The molecule has 2 N–H and O–H groups in total. The van der Waals surface area contributed by atoms with Gasteiger partial charge in [0.05, 0.1) is 0 Å². The van der Waals surface area contributed by atoms with E-state index in [4.69, 9.17) is 4.74 Å². The first-order valence-corrected chi connectivity index (χ1v) is 9.97. The Morgan fingerprint density at radius 2 is 1.97 bits per heavy atom. The van der Waals surface area contributed by atoms with Gasteiger partial charge in [-0.3, -0.25) is 9.48 Å². The number of piperidine rings is 1. The number of hydrogen-bond acceptors (Lipinski definition) is 4. The highest BCUT2D eigenvalue weighted by molar-refractivity contribution is 5.97. The van der Waals surface area contributed by atoms with Gasteiger partial charge in [-0.15, -0.1) is 0 Å². The zero-order valence-electron chi connectivity index (χ0n) is 16.6. The summed E-state index contributed by atoms with van der Waals surface area (Å²) in [6.45, 7) is 4.08. The molecule has 150 valence electrons. The van der Waals surface area contributed by atoms with Gasteiger partial charge in [0.25, 0.3) is 5.91 Å². The lowest BCUT2D eigenvalue weighted by molar-refractivity contribution is -0.126. The summed E-state index contributed by atoms with van der Waals surface area (Å²) in [6, 6.07) is 17.7. The summed E-state index contributed by atoms with van der Waals surface area (Å²) in [5.41, 5.74) is 2.22. The summed E-state index contributed by atoms with van der Waals surface area (Å²) in [6.07, 6.45) is 5.01. The summed E-state index contributed by atoms with van der Waals surface area (Å²) < 4.78 is 7.69. The molecule has 2 aromatic carbocycles. The molecule has 29 heavy (non-hydrogen) atoms. The number of rotatable bonds is 6. The summed E-state index contributed by atoms with van der Waals surface area (Å²) >= 11 is 0. The third-order valence-electron chi connectivity index (χ3n) is 5.49. The Bertz CT molecular complexity index is 948. The maximum Gasteiger partial charge on any atom is 0.252 e. The van der Waals surface area contributed by atoms with Crippen molar-refractivity contribution in [1.82, 2.24) is 15.1 Å². The van der Waals surface area contributed by atoms with Crippen molar-refractivity contribution in [2.24, 2.45) is 0 Å². The second kappa shape index (κ2) is 8.49. The molecule has 2 heterocycles. The van der Waals surface area contributed by atoms with Crippen LogP contribution >= 0.6 is 0 Å². The summed E-state index contributed by atoms with van der Waals surface area (Å²) in [7, 11) is 0. The Labute approximate surface area is 170 Å². The number of carbonyl (C=O) groups excluding carboxylic acids is 1. The van der Waals surface area contributed by atoms with Gasteiger partial charge < -0.3 is 15.4 Å². The summed E-state index contributed by atoms with van der Waals surface area (Å²) in [4.78, 5) is 13.3. The van der Waals surface area contributed by atoms with Gasteiger partial charge in [-0.05, 0) is 68.2 Å². The van der Waals surface area contributed by atoms with Crippen LogP contribution in [-0.2, 0) is 16.9 Å². The van der Waals surface area contributed by atoms with Crippen LogP contribution < -0.4 is 15.4 Å². The number of ether oxygens (including phenoxy) is 1. The van der Waals surface area contributed by atoms with Gasteiger partial charge >= 0.3 is 0 Å². The van der Waals surface area contributed by atoms with Crippen LogP contribution in [0.15, 0.2) is 67.0 Å². The highest BCUT2D eigenvalue weighted by Crippen LogP contribution is 2.30. The summed E-state index contributed by atoms with van der Waals surface area (Å²) in [5.74, 6) is 0.761. The number of amides is 1. The second-order valence-corrected chi connectivity index (χ2v) is 7.44. The fourth-order valence-corrected chi connectivity index (χ4v) is 3.77. The van der Waals surface area contributed by atoms with E-state index in [-0.39, 0.29) is 5.91 Å². The van der Waals surface area contributed by atoms with Crippen molar-refractivity contribution in [2.75, 3.05) is 18.4 Å². The van der Waals surface area contributed by atoms with E-state index in [2.05, 4.69) is 15.7 Å². The van der Waals surface area contributed by atoms with Crippen LogP contribution in [0.3, 0.4) is 0 Å². The molecule has 1 aliphatic rings. The Hall–Kier alpha value is -3.12. The molecule has 3 aromatic rings. The van der Waals surface area contributed by atoms with Crippen LogP contribution in [-0.4, -0.2) is 28.8 Å². The van der Waals surface area contributed by atoms with Crippen LogP contribution in [0.25, 0.3) is 0 Å². The molecule has 0 atom stereocenters. The van der Waals surface area contributed by atoms with Gasteiger partial charge in [-0.25, -0.2) is 0 Å². The number of nitrogens with zero attached hydrogens (tertiary/aromatic N) is 2. The average Bonchev–Trinajstić information content (AvgIpc) is 3.31. The molecule has 0 radical (unpaired) electrons. The van der Waals surface area contributed by atoms with Crippen LogP contribution in [0.2, 0.25) is 0 Å². The van der Waals surface area contributed by atoms with E-state index in [9.17, 15) is 4.79 Å². The van der Waals surface area contributed by atoms with Crippen molar-refractivity contribution >= 4 is 11.6 Å². The van der Waals surface area contributed by atoms with Gasteiger partial charge in [0.2, 0.25) is 0 Å². The van der Waals surface area contributed by atoms with Crippen LogP contribution in [0.1, 0.15) is 24.0 Å².